The smallest absolute Gasteiger partial charge is 0.352 e. The third-order valence-electron chi connectivity index (χ3n) is 2.89. The maximum Gasteiger partial charge on any atom is 0.352 e. The van der Waals surface area contributed by atoms with Crippen molar-refractivity contribution in [3.05, 3.63) is 34.3 Å². The van der Waals surface area contributed by atoms with E-state index in [1.807, 2.05) is 0 Å². The summed E-state index contributed by atoms with van der Waals surface area (Å²) in [5.74, 6) is -1.92. The van der Waals surface area contributed by atoms with Crippen LogP contribution in [-0.2, 0) is 18.4 Å². The number of aliphatic hydroxyl groups is 1. The molecule has 2 atom stereocenters. The van der Waals surface area contributed by atoms with Crippen LogP contribution in [0.2, 0.25) is 0 Å². The van der Waals surface area contributed by atoms with Crippen molar-refractivity contribution in [2.24, 2.45) is 0 Å². The summed E-state index contributed by atoms with van der Waals surface area (Å²) in [6.45, 7) is -0.701. The van der Waals surface area contributed by atoms with E-state index in [0.29, 0.717) is 0 Å². The summed E-state index contributed by atoms with van der Waals surface area (Å²) in [4.78, 5) is 41.9. The van der Waals surface area contributed by atoms with E-state index in [0.717, 1.165) is 4.57 Å². The maximum absolute atomic E-state index is 11.7. The first-order chi connectivity index (χ1) is 11.0. The van der Waals surface area contributed by atoms with Gasteiger partial charge in [-0.15, -0.1) is 0 Å². The lowest BCUT2D eigenvalue weighted by atomic mass is 10.3. The van der Waals surface area contributed by atoms with Crippen molar-refractivity contribution in [1.29, 1.82) is 0 Å². The SMILES string of the molecule is Nc1ccn(C2CC(O)=C(COP(=O)(O)CP(=O)(O)O)O2)c(=O)n1. The summed E-state index contributed by atoms with van der Waals surface area (Å²) < 4.78 is 33.1. The van der Waals surface area contributed by atoms with E-state index in [1.165, 1.54) is 12.3 Å². The van der Waals surface area contributed by atoms with Gasteiger partial charge in [0.25, 0.3) is 0 Å². The molecule has 2 rings (SSSR count). The van der Waals surface area contributed by atoms with Crippen LogP contribution in [0.15, 0.2) is 28.6 Å². The molecule has 2 heterocycles. The van der Waals surface area contributed by atoms with Crippen LogP contribution >= 0.6 is 15.2 Å². The first-order valence-electron chi connectivity index (χ1n) is 6.40. The van der Waals surface area contributed by atoms with Gasteiger partial charge in [0.05, 0.1) is 6.42 Å². The summed E-state index contributed by atoms with van der Waals surface area (Å²) >= 11 is 0. The average Bonchev–Trinajstić information content (AvgIpc) is 2.75. The second-order valence-electron chi connectivity index (χ2n) is 4.91. The lowest BCUT2D eigenvalue weighted by Crippen LogP contribution is -2.27. The Kier molecular flexibility index (Phi) is 5.19. The minimum atomic E-state index is -4.76. The zero-order chi connectivity index (χ0) is 18.1. The second kappa shape index (κ2) is 6.67. The van der Waals surface area contributed by atoms with Gasteiger partial charge in [-0.2, -0.15) is 4.98 Å². The van der Waals surface area contributed by atoms with Gasteiger partial charge in [0.1, 0.15) is 18.2 Å². The highest BCUT2D eigenvalue weighted by Crippen LogP contribution is 2.55. The first kappa shape index (κ1) is 18.7. The van der Waals surface area contributed by atoms with Gasteiger partial charge in [0.15, 0.2) is 17.9 Å². The Hall–Kier alpha value is -1.68. The van der Waals surface area contributed by atoms with Gasteiger partial charge in [0, 0.05) is 6.20 Å². The predicted molar refractivity (Wildman–Crippen MR) is 80.0 cm³/mol. The number of hydrogen-bond acceptors (Lipinski definition) is 8. The number of aliphatic hydroxyl groups excluding tert-OH is 1. The largest absolute Gasteiger partial charge is 0.508 e. The number of aromatic nitrogens is 2. The standard InChI is InChI=1S/C10H15N3O9P2/c11-8-1-2-13(10(15)12-8)9-3-6(14)7(22-9)4-21-24(19,20)5-23(16,17)18/h1-2,9,14H,3-5H2,(H,19,20)(H2,11,12,15)(H2,16,17,18). The Morgan fingerprint density at radius 3 is 2.67 bits per heavy atom. The van der Waals surface area contributed by atoms with Crippen molar-refractivity contribution in [3.63, 3.8) is 0 Å². The van der Waals surface area contributed by atoms with Gasteiger partial charge in [-0.1, -0.05) is 0 Å². The van der Waals surface area contributed by atoms with Crippen molar-refractivity contribution in [3.8, 4) is 0 Å². The normalized spacial score (nSPS) is 20.7. The molecule has 1 aliphatic rings. The minimum Gasteiger partial charge on any atom is -0.508 e. The topological polar surface area (TPSA) is 194 Å². The second-order valence-corrected chi connectivity index (χ2v) is 8.90. The number of nitrogen functional groups attached to an aromatic ring is 1. The van der Waals surface area contributed by atoms with Gasteiger partial charge in [-0.05, 0) is 6.07 Å². The van der Waals surface area contributed by atoms with Crippen molar-refractivity contribution in [2.45, 2.75) is 12.6 Å². The molecule has 0 saturated heterocycles. The highest BCUT2D eigenvalue weighted by atomic mass is 31.2. The molecule has 0 spiro atoms. The number of ether oxygens (including phenoxy) is 1. The lowest BCUT2D eigenvalue weighted by Gasteiger charge is -2.16. The monoisotopic (exact) mass is 383 g/mol. The molecule has 0 saturated carbocycles. The molecule has 0 radical (unpaired) electrons. The molecule has 1 aliphatic heterocycles. The van der Waals surface area contributed by atoms with Gasteiger partial charge < -0.3 is 30.3 Å². The van der Waals surface area contributed by atoms with Crippen molar-refractivity contribution >= 4 is 21.0 Å². The van der Waals surface area contributed by atoms with E-state index >= 15 is 0 Å². The van der Waals surface area contributed by atoms with Crippen LogP contribution in [0.4, 0.5) is 5.82 Å². The summed E-state index contributed by atoms with van der Waals surface area (Å²) in [7, 11) is -9.34. The molecule has 6 N–H and O–H groups in total. The van der Waals surface area contributed by atoms with Crippen LogP contribution < -0.4 is 11.4 Å². The Balaban J connectivity index is 2.03. The van der Waals surface area contributed by atoms with E-state index in [9.17, 15) is 23.9 Å². The Morgan fingerprint density at radius 2 is 2.08 bits per heavy atom. The fraction of sp³-hybridized carbons (Fsp3) is 0.400. The fourth-order valence-corrected chi connectivity index (χ4v) is 4.41. The molecule has 0 aliphatic carbocycles. The molecule has 134 valence electrons. The highest BCUT2D eigenvalue weighted by molar-refractivity contribution is 7.70. The lowest BCUT2D eigenvalue weighted by molar-refractivity contribution is 0.0609. The van der Waals surface area contributed by atoms with Crippen molar-refractivity contribution in [1.82, 2.24) is 9.55 Å². The number of nitrogens with zero attached hydrogens (tertiary/aromatic N) is 2. The number of nitrogens with two attached hydrogens (primary N) is 1. The molecule has 24 heavy (non-hydrogen) atoms. The molecular formula is C10H15N3O9P2. The van der Waals surface area contributed by atoms with E-state index in [4.69, 9.17) is 20.3 Å². The fourth-order valence-electron chi connectivity index (χ4n) is 1.90. The maximum atomic E-state index is 11.7. The van der Waals surface area contributed by atoms with Crippen LogP contribution in [0.1, 0.15) is 12.6 Å². The zero-order valence-corrected chi connectivity index (χ0v) is 13.8. The first-order valence-corrected chi connectivity index (χ1v) is 9.96. The van der Waals surface area contributed by atoms with Crippen molar-refractivity contribution < 1.29 is 38.2 Å². The minimum absolute atomic E-state index is 0.00800. The van der Waals surface area contributed by atoms with Crippen molar-refractivity contribution in [2.75, 3.05) is 18.2 Å². The third kappa shape index (κ3) is 4.91. The van der Waals surface area contributed by atoms with E-state index < -0.39 is 39.6 Å². The zero-order valence-electron chi connectivity index (χ0n) is 12.0. The quantitative estimate of drug-likeness (QED) is 0.410. The summed E-state index contributed by atoms with van der Waals surface area (Å²) in [6, 6.07) is 1.35. The molecule has 0 bridgehead atoms. The number of anilines is 1. The van der Waals surface area contributed by atoms with E-state index in [2.05, 4.69) is 9.51 Å². The van der Waals surface area contributed by atoms with Gasteiger partial charge in [-0.3, -0.25) is 18.2 Å². The molecule has 0 amide bonds. The molecule has 0 fully saturated rings. The number of rotatable bonds is 6. The Bertz CT molecular complexity index is 814. The van der Waals surface area contributed by atoms with Crippen LogP contribution in [-0.4, -0.2) is 41.8 Å². The molecule has 0 aromatic carbocycles. The van der Waals surface area contributed by atoms with E-state index in [-0.39, 0.29) is 23.8 Å². The number of hydrogen-bond donors (Lipinski definition) is 5. The molecule has 1 aromatic heterocycles. The van der Waals surface area contributed by atoms with Crippen LogP contribution in [0.5, 0.6) is 0 Å². The van der Waals surface area contributed by atoms with Crippen LogP contribution in [0.25, 0.3) is 0 Å². The Labute approximate surface area is 134 Å². The summed E-state index contributed by atoms with van der Waals surface area (Å²) in [6.07, 6.45) is 0.222. The summed E-state index contributed by atoms with van der Waals surface area (Å²) in [5.41, 5.74) is 4.64. The van der Waals surface area contributed by atoms with Gasteiger partial charge in [0.2, 0.25) is 0 Å². The molecule has 1 aromatic rings. The summed E-state index contributed by atoms with van der Waals surface area (Å²) in [5, 5.41) is 9.78. The molecular weight excluding hydrogens is 368 g/mol. The third-order valence-corrected chi connectivity index (χ3v) is 6.33. The van der Waals surface area contributed by atoms with Crippen LogP contribution in [0.3, 0.4) is 0 Å². The van der Waals surface area contributed by atoms with Gasteiger partial charge in [-0.25, -0.2) is 4.79 Å². The molecule has 12 nitrogen and oxygen atoms in total. The highest BCUT2D eigenvalue weighted by Gasteiger charge is 2.34. The average molecular weight is 383 g/mol. The van der Waals surface area contributed by atoms with Gasteiger partial charge >= 0.3 is 20.9 Å². The molecule has 2 unspecified atom stereocenters. The van der Waals surface area contributed by atoms with E-state index in [1.54, 1.807) is 0 Å². The predicted octanol–water partition coefficient (Wildman–Crippen LogP) is -0.149. The van der Waals surface area contributed by atoms with Crippen LogP contribution in [0, 0.1) is 0 Å². The molecule has 14 heteroatoms. The Morgan fingerprint density at radius 1 is 1.42 bits per heavy atom.